The van der Waals surface area contributed by atoms with Gasteiger partial charge in [-0.05, 0) is 79.1 Å². The van der Waals surface area contributed by atoms with Crippen LogP contribution < -0.4 is 4.74 Å². The lowest BCUT2D eigenvalue weighted by molar-refractivity contribution is 0.408. The zero-order valence-electron chi connectivity index (χ0n) is 14.3. The normalized spacial score (nSPS) is 10.8. The summed E-state index contributed by atoms with van der Waals surface area (Å²) in [6.07, 6.45) is 3.04. The summed E-state index contributed by atoms with van der Waals surface area (Å²) in [4.78, 5) is 0. The van der Waals surface area contributed by atoms with Gasteiger partial charge in [-0.15, -0.1) is 0 Å². The van der Waals surface area contributed by atoms with Crippen molar-refractivity contribution in [2.75, 3.05) is 7.11 Å². The van der Waals surface area contributed by atoms with Gasteiger partial charge in [0.1, 0.15) is 11.5 Å². The molecule has 0 spiro atoms. The van der Waals surface area contributed by atoms with Crippen molar-refractivity contribution in [1.29, 1.82) is 0 Å². The largest absolute Gasteiger partial charge is 0.508 e. The standard InChI is InChI=1S/C20H26O2/c1-6-7-18-15(4)16(8-9-20(18)22-5)12-17-10-14(3)19(21)11-13(17)2/h8-11,21H,6-7,12H2,1-5H3. The van der Waals surface area contributed by atoms with E-state index in [1.807, 2.05) is 13.0 Å². The molecule has 2 heteroatoms. The van der Waals surface area contributed by atoms with Crippen LogP contribution in [0.4, 0.5) is 0 Å². The van der Waals surface area contributed by atoms with Crippen molar-refractivity contribution in [3.8, 4) is 11.5 Å². The fourth-order valence-electron chi connectivity index (χ4n) is 2.98. The molecule has 2 nitrogen and oxygen atoms in total. The van der Waals surface area contributed by atoms with Gasteiger partial charge < -0.3 is 9.84 Å². The molecule has 0 saturated carbocycles. The molecule has 0 aliphatic heterocycles. The summed E-state index contributed by atoms with van der Waals surface area (Å²) in [5, 5.41) is 9.81. The molecule has 0 bridgehead atoms. The van der Waals surface area contributed by atoms with Gasteiger partial charge in [0.05, 0.1) is 7.11 Å². The highest BCUT2D eigenvalue weighted by Gasteiger charge is 2.12. The van der Waals surface area contributed by atoms with Gasteiger partial charge in [0.2, 0.25) is 0 Å². The highest BCUT2D eigenvalue weighted by atomic mass is 16.5. The summed E-state index contributed by atoms with van der Waals surface area (Å²) in [6.45, 7) is 8.38. The summed E-state index contributed by atoms with van der Waals surface area (Å²) in [5.74, 6) is 1.36. The lowest BCUT2D eigenvalue weighted by Crippen LogP contribution is -2.01. The third-order valence-corrected chi connectivity index (χ3v) is 4.42. The first-order chi connectivity index (χ1) is 10.5. The zero-order valence-corrected chi connectivity index (χ0v) is 14.3. The molecule has 0 atom stereocenters. The number of aromatic hydroxyl groups is 1. The molecule has 0 fully saturated rings. The fraction of sp³-hybridized carbons (Fsp3) is 0.400. The maximum atomic E-state index is 9.81. The minimum atomic E-state index is 0.374. The molecule has 1 N–H and O–H groups in total. The second kappa shape index (κ2) is 6.87. The van der Waals surface area contributed by atoms with Gasteiger partial charge in [0.15, 0.2) is 0 Å². The van der Waals surface area contributed by atoms with Gasteiger partial charge in [0.25, 0.3) is 0 Å². The summed E-state index contributed by atoms with van der Waals surface area (Å²) < 4.78 is 5.51. The molecule has 0 aromatic heterocycles. The maximum absolute atomic E-state index is 9.81. The van der Waals surface area contributed by atoms with E-state index in [0.29, 0.717) is 5.75 Å². The number of aryl methyl sites for hydroxylation is 2. The molecule has 22 heavy (non-hydrogen) atoms. The average molecular weight is 298 g/mol. The summed E-state index contributed by atoms with van der Waals surface area (Å²) in [6, 6.07) is 8.19. The molecule has 0 amide bonds. The Morgan fingerprint density at radius 2 is 1.73 bits per heavy atom. The first kappa shape index (κ1) is 16.4. The van der Waals surface area contributed by atoms with Crippen molar-refractivity contribution in [2.45, 2.75) is 47.0 Å². The number of methoxy groups -OCH3 is 1. The third kappa shape index (κ3) is 3.27. The molecule has 0 aliphatic carbocycles. The van der Waals surface area contributed by atoms with Crippen LogP contribution >= 0.6 is 0 Å². The van der Waals surface area contributed by atoms with Crippen molar-refractivity contribution in [1.82, 2.24) is 0 Å². The van der Waals surface area contributed by atoms with E-state index < -0.39 is 0 Å². The number of hydrogen-bond acceptors (Lipinski definition) is 2. The minimum Gasteiger partial charge on any atom is -0.508 e. The third-order valence-electron chi connectivity index (χ3n) is 4.42. The lowest BCUT2D eigenvalue weighted by Gasteiger charge is -2.16. The molecule has 2 aromatic carbocycles. The summed E-state index contributed by atoms with van der Waals surface area (Å²) in [7, 11) is 1.74. The van der Waals surface area contributed by atoms with E-state index in [-0.39, 0.29) is 0 Å². The zero-order chi connectivity index (χ0) is 16.3. The van der Waals surface area contributed by atoms with E-state index in [2.05, 4.69) is 39.0 Å². The van der Waals surface area contributed by atoms with E-state index >= 15 is 0 Å². The summed E-state index contributed by atoms with van der Waals surface area (Å²) >= 11 is 0. The minimum absolute atomic E-state index is 0.374. The molecular weight excluding hydrogens is 272 g/mol. The van der Waals surface area contributed by atoms with Crippen LogP contribution in [0.5, 0.6) is 11.5 Å². The van der Waals surface area contributed by atoms with Crippen LogP contribution in [0.25, 0.3) is 0 Å². The van der Waals surface area contributed by atoms with E-state index in [1.54, 1.807) is 7.11 Å². The van der Waals surface area contributed by atoms with Crippen LogP contribution in [0.3, 0.4) is 0 Å². The maximum Gasteiger partial charge on any atom is 0.122 e. The highest BCUT2D eigenvalue weighted by Crippen LogP contribution is 2.29. The highest BCUT2D eigenvalue weighted by molar-refractivity contribution is 5.48. The number of rotatable bonds is 5. The van der Waals surface area contributed by atoms with Crippen molar-refractivity contribution in [3.63, 3.8) is 0 Å². The number of hydrogen-bond donors (Lipinski definition) is 1. The second-order valence-corrected chi connectivity index (χ2v) is 6.02. The number of phenols is 1. The Morgan fingerprint density at radius 1 is 1.00 bits per heavy atom. The lowest BCUT2D eigenvalue weighted by atomic mass is 9.92. The molecule has 2 rings (SSSR count). The number of phenolic OH excluding ortho intramolecular Hbond substituents is 1. The van der Waals surface area contributed by atoms with Crippen LogP contribution in [0.2, 0.25) is 0 Å². The van der Waals surface area contributed by atoms with Crippen LogP contribution in [-0.2, 0) is 12.8 Å². The van der Waals surface area contributed by atoms with Gasteiger partial charge in [0, 0.05) is 0 Å². The number of ether oxygens (including phenoxy) is 1. The Labute approximate surface area is 133 Å². The van der Waals surface area contributed by atoms with Crippen LogP contribution in [0, 0.1) is 20.8 Å². The van der Waals surface area contributed by atoms with Crippen molar-refractivity contribution < 1.29 is 9.84 Å². The van der Waals surface area contributed by atoms with E-state index in [1.165, 1.54) is 22.3 Å². The first-order valence-corrected chi connectivity index (χ1v) is 7.92. The van der Waals surface area contributed by atoms with Crippen molar-refractivity contribution in [3.05, 3.63) is 57.6 Å². The van der Waals surface area contributed by atoms with Gasteiger partial charge in [-0.3, -0.25) is 0 Å². The Hall–Kier alpha value is -1.96. The molecule has 118 valence electrons. The van der Waals surface area contributed by atoms with Gasteiger partial charge in [-0.1, -0.05) is 25.5 Å². The topological polar surface area (TPSA) is 29.5 Å². The van der Waals surface area contributed by atoms with Crippen molar-refractivity contribution in [2.24, 2.45) is 0 Å². The summed E-state index contributed by atoms with van der Waals surface area (Å²) in [5.41, 5.74) is 7.31. The predicted molar refractivity (Wildman–Crippen MR) is 92.1 cm³/mol. The van der Waals surface area contributed by atoms with Crippen LogP contribution in [-0.4, -0.2) is 12.2 Å². The fourth-order valence-corrected chi connectivity index (χ4v) is 2.98. The number of benzene rings is 2. The monoisotopic (exact) mass is 298 g/mol. The van der Waals surface area contributed by atoms with Gasteiger partial charge in [-0.2, -0.15) is 0 Å². The Bertz CT molecular complexity index is 672. The predicted octanol–water partition coefficient (Wildman–Crippen LogP) is 4.87. The molecule has 2 aromatic rings. The van der Waals surface area contributed by atoms with Gasteiger partial charge in [-0.25, -0.2) is 0 Å². The van der Waals surface area contributed by atoms with E-state index in [9.17, 15) is 5.11 Å². The Kier molecular flexibility index (Phi) is 5.12. The Morgan fingerprint density at radius 3 is 2.36 bits per heavy atom. The van der Waals surface area contributed by atoms with E-state index in [0.717, 1.165) is 36.1 Å². The molecule has 0 heterocycles. The Balaban J connectivity index is 2.42. The van der Waals surface area contributed by atoms with Crippen LogP contribution in [0.15, 0.2) is 24.3 Å². The second-order valence-electron chi connectivity index (χ2n) is 6.02. The first-order valence-electron chi connectivity index (χ1n) is 7.92. The smallest absolute Gasteiger partial charge is 0.122 e. The molecule has 0 saturated heterocycles. The quantitative estimate of drug-likeness (QED) is 0.853. The molecular formula is C20H26O2. The molecule has 0 aliphatic rings. The van der Waals surface area contributed by atoms with Gasteiger partial charge >= 0.3 is 0 Å². The van der Waals surface area contributed by atoms with E-state index in [4.69, 9.17) is 4.74 Å². The molecule has 0 radical (unpaired) electrons. The average Bonchev–Trinajstić information content (AvgIpc) is 2.49. The SMILES string of the molecule is CCCc1c(OC)ccc(Cc2cc(C)c(O)cc2C)c1C. The van der Waals surface area contributed by atoms with Crippen molar-refractivity contribution >= 4 is 0 Å². The molecule has 0 unspecified atom stereocenters. The van der Waals surface area contributed by atoms with Crippen LogP contribution in [0.1, 0.15) is 46.7 Å².